The van der Waals surface area contributed by atoms with Crippen LogP contribution in [0.2, 0.25) is 0 Å². The molecule has 5 amide bonds. The topological polar surface area (TPSA) is 603 Å². The van der Waals surface area contributed by atoms with Gasteiger partial charge >= 0.3 is 54.1 Å². The third kappa shape index (κ3) is 28.6. The van der Waals surface area contributed by atoms with E-state index in [4.69, 9.17) is 26.0 Å². The Morgan fingerprint density at radius 2 is 0.833 bits per heavy atom. The number of β-lactam (4-membered cyclic amide) rings is 2. The second-order valence-electron chi connectivity index (χ2n) is 30.9. The number of hydrogen-bond donors (Lipinski definition) is 11. The monoisotopic (exact) mass is 1900 g/mol. The van der Waals surface area contributed by atoms with E-state index >= 15 is 0 Å². The van der Waals surface area contributed by atoms with Crippen LogP contribution in [-0.4, -0.2) is 256 Å². The second-order valence-corrected chi connectivity index (χ2v) is 33.9. The Kier molecular flexibility index (Phi) is 40.7. The second kappa shape index (κ2) is 49.3. The van der Waals surface area contributed by atoms with Crippen LogP contribution in [0.4, 0.5) is 37.1 Å². The van der Waals surface area contributed by atoms with E-state index in [-0.39, 0.29) is 126 Å². The van der Waals surface area contributed by atoms with Crippen LogP contribution in [0.3, 0.4) is 0 Å². The van der Waals surface area contributed by atoms with E-state index in [1.807, 2.05) is 11.8 Å². The van der Waals surface area contributed by atoms with Crippen LogP contribution < -0.4 is 38.1 Å². The minimum absolute atomic E-state index is 0. The summed E-state index contributed by atoms with van der Waals surface area (Å²) in [5.41, 5.74) is 12.0. The first-order chi connectivity index (χ1) is 58.9. The van der Waals surface area contributed by atoms with E-state index < -0.39 is 122 Å². The highest BCUT2D eigenvalue weighted by atomic mass is 127. The third-order valence-electron chi connectivity index (χ3n) is 22.2. The highest BCUT2D eigenvalue weighted by molar-refractivity contribution is 14.1. The molecule has 0 spiro atoms. The standard InChI is InChI=1S/C30H29N5O12.C15H23N3O4.C13H14N2O5.C12H13N3O5.C5H11N.C4H9NO.CH4IP.2CH4/c1-15-22(14-32-12-11-19(13-32)31-30(41)47-28(39)18-5-9-21(10-6-18)35(44)45)25(33-24(15)23(16(2)36)26(33)37)29(40)46-27(38)17-3-7-20(8-4-17)34(42)43;1-7-10(6-17-4-3-9(16)5-17)13(15(21)22)18-12(7)11(8(2)19)14(18)20;16-12(9-5-7-11(8-6-9)15(18)19)20-13(17)14-10-3-1-2-4-10;16-11(8-1-3-10(4-2-8)15(18)19)20-12(17)14-9-5-6-13-7-9;6-5-3-1-2-4-5;6-4-1-2-5-3-4;2-1-3;;/h3-10,15-16,19,23-24,36H,11-14H2,1-2H3,(H,31,41);7-9,11-12,19H,3-6,16H2,1-2H3,(H,21,22);5-8,10H,1-4H2,(H,14,17);1-4,9,13H,5-7H2,(H,14,17);5H,1-4,6H2;4-6H,1-3H2;1,3H2;2*1H4/t15-,16+,19+,23+,24+;7-,8+,9+,11+,12+;;9-;;4-;;;/m00.1.0.../s1. The SMILES string of the molecule is C.C.C[C@@H](O)[C@H]1C(=O)N2C(C(=O)O)=C(CN3CC[C@@H](N)C3)[C@H](C)[C@H]12.C[C@@H](O)[C@H]1C(=O)N2C(C(=O)OC(=O)c3ccc([N+](=O)[O-])cc3)=C(CN3CC[C@@H](NC(=O)OC(=O)c4ccc([N+](=O)[O-])cc4)C3)[C@H](C)[C@H]12.NC1CCCC1.O=C(NC1CCCC1)OC(=O)c1ccc([N+](=O)[O-])cc1.O=C(N[C@@H]1CCNC1)OC(=O)c1ccc([N+](=O)[O-])cc1.O[C@H]1CCNC1.PCI. The summed E-state index contributed by atoms with van der Waals surface area (Å²) in [5.74, 6) is -8.39. The molecule has 44 heteroatoms. The zero-order chi connectivity index (χ0) is 90.9. The van der Waals surface area contributed by atoms with Crippen LogP contribution in [0, 0.1) is 64.1 Å². The number of carboxylic acids is 1. The van der Waals surface area contributed by atoms with Crippen LogP contribution in [0.1, 0.15) is 161 Å². The number of amides is 5. The van der Waals surface area contributed by atoms with Gasteiger partial charge in [0.05, 0.1) is 84.2 Å². The Balaban J connectivity index is 0.000000260. The van der Waals surface area contributed by atoms with E-state index in [0.717, 1.165) is 124 Å². The molecule has 42 nitrogen and oxygen atoms in total. The molecule has 688 valence electrons. The number of nitrogens with zero attached hydrogens (tertiary/aromatic N) is 8. The van der Waals surface area contributed by atoms with E-state index in [1.54, 1.807) is 13.8 Å². The summed E-state index contributed by atoms with van der Waals surface area (Å²) < 4.78 is 20.3. The molecule has 4 aromatic rings. The maximum absolute atomic E-state index is 13.4. The molecule has 14 rings (SSSR count). The first kappa shape index (κ1) is 104. The van der Waals surface area contributed by atoms with Crippen molar-refractivity contribution in [2.75, 3.05) is 69.6 Å². The molecule has 8 heterocycles. The number of alkyl carbamates (subject to hydrolysis) is 3. The molecule has 126 heavy (non-hydrogen) atoms. The molecule has 4 aromatic carbocycles. The average Bonchev–Trinajstić information content (AvgIpc) is 1.56. The number of esters is 5. The number of halogens is 1. The number of nitrogens with two attached hydrogens (primary N) is 2. The van der Waals surface area contributed by atoms with Gasteiger partial charge in [-0.1, -0.05) is 77.0 Å². The molecular weight excluding hydrogens is 1780 g/mol. The number of carboxylic acid groups (broad SMARTS) is 1. The Morgan fingerprint density at radius 1 is 0.492 bits per heavy atom. The minimum Gasteiger partial charge on any atom is -0.477 e. The molecule has 8 fully saturated rings. The normalized spacial score (nSPS) is 22.9. The summed E-state index contributed by atoms with van der Waals surface area (Å²) in [4.78, 5) is 181. The van der Waals surface area contributed by atoms with Crippen molar-refractivity contribution in [2.45, 2.75) is 180 Å². The molecule has 13 N–H and O–H groups in total. The lowest BCUT2D eigenvalue weighted by atomic mass is 9.77. The van der Waals surface area contributed by atoms with E-state index in [1.165, 1.54) is 103 Å². The van der Waals surface area contributed by atoms with Gasteiger partial charge in [0.1, 0.15) is 11.4 Å². The number of non-ortho nitro benzene ring substituents is 4. The van der Waals surface area contributed by atoms with Crippen molar-refractivity contribution >= 4 is 120 Å². The fraction of sp³-hybridized carbons (Fsp3) is 0.524. The third-order valence-corrected chi connectivity index (χ3v) is 22.2. The van der Waals surface area contributed by atoms with E-state index in [2.05, 4.69) is 72.8 Å². The van der Waals surface area contributed by atoms with Crippen LogP contribution >= 0.6 is 31.8 Å². The van der Waals surface area contributed by atoms with Crippen molar-refractivity contribution < 1.29 is 112 Å². The van der Waals surface area contributed by atoms with Gasteiger partial charge < -0.3 is 87.2 Å². The summed E-state index contributed by atoms with van der Waals surface area (Å²) in [6.07, 6.45) is 7.78. The molecule has 13 atom stereocenters. The lowest BCUT2D eigenvalue weighted by Crippen LogP contribution is -2.63. The first-order valence-corrected chi connectivity index (χ1v) is 42.6. The van der Waals surface area contributed by atoms with Crippen LogP contribution in [0.5, 0.6) is 0 Å². The predicted molar refractivity (Wildman–Crippen MR) is 466 cm³/mol. The number of fused-ring (bicyclic) bond motifs is 2. The number of nitro benzene ring substituents is 4. The Bertz CT molecular complexity index is 4470. The maximum atomic E-state index is 13.4. The molecule has 2 aliphatic carbocycles. The van der Waals surface area contributed by atoms with Gasteiger partial charge in [-0.3, -0.25) is 59.8 Å². The number of rotatable bonds is 19. The van der Waals surface area contributed by atoms with Gasteiger partial charge in [-0.05, 0) is 138 Å². The molecule has 10 aliphatic rings. The molecular formula is C82H111IN15O27P. The summed E-state index contributed by atoms with van der Waals surface area (Å²) in [7, 11) is 2.57. The largest absolute Gasteiger partial charge is 0.477 e. The fourth-order valence-corrected chi connectivity index (χ4v) is 15.8. The minimum atomic E-state index is -1.09. The predicted octanol–water partition coefficient (Wildman–Crippen LogP) is 7.14. The number of nitrogens with one attached hydrogen (secondary N) is 5. The zero-order valence-corrected chi connectivity index (χ0v) is 71.8. The number of aliphatic carboxylic acids is 1. The van der Waals surface area contributed by atoms with Crippen molar-refractivity contribution in [3.8, 4) is 0 Å². The number of hydrogen-bond acceptors (Lipinski definition) is 32. The Labute approximate surface area is 741 Å². The van der Waals surface area contributed by atoms with E-state index in [9.17, 15) is 109 Å². The maximum Gasteiger partial charge on any atom is 0.415 e. The van der Waals surface area contributed by atoms with Gasteiger partial charge in [0.2, 0.25) is 11.8 Å². The number of carbonyl (C=O) groups excluding carboxylic acids is 10. The number of aliphatic hydroxyl groups excluding tert-OH is 3. The van der Waals surface area contributed by atoms with Crippen LogP contribution in [0.25, 0.3) is 0 Å². The summed E-state index contributed by atoms with van der Waals surface area (Å²) in [5, 5.41) is 94.8. The van der Waals surface area contributed by atoms with Gasteiger partial charge in [-0.2, -0.15) is 0 Å². The zero-order valence-electron chi connectivity index (χ0n) is 68.5. The van der Waals surface area contributed by atoms with Crippen molar-refractivity contribution in [1.29, 1.82) is 0 Å². The van der Waals surface area contributed by atoms with Crippen LogP contribution in [0.15, 0.2) is 120 Å². The molecule has 8 aliphatic heterocycles. The van der Waals surface area contributed by atoms with Gasteiger partial charge in [0.25, 0.3) is 22.7 Å². The van der Waals surface area contributed by atoms with Gasteiger partial charge in [0.15, 0.2) is 0 Å². The number of nitro groups is 4. The smallest absolute Gasteiger partial charge is 0.415 e. The number of alkyl halides is 1. The van der Waals surface area contributed by atoms with Crippen molar-refractivity contribution in [3.05, 3.63) is 182 Å². The summed E-state index contributed by atoms with van der Waals surface area (Å²) in [6, 6.07) is 18.2. The van der Waals surface area contributed by atoms with Crippen molar-refractivity contribution in [3.63, 3.8) is 0 Å². The van der Waals surface area contributed by atoms with Gasteiger partial charge in [-0.15, -0.1) is 9.24 Å². The molecule has 0 radical (unpaired) electrons. The number of likely N-dealkylation sites (tertiary alicyclic amines) is 2. The molecule has 1 unspecified atom stereocenters. The molecule has 6 saturated heterocycles. The molecule has 0 aromatic heterocycles. The lowest BCUT2D eigenvalue weighted by Gasteiger charge is -2.46. The number of benzene rings is 4. The van der Waals surface area contributed by atoms with Crippen LogP contribution in [-0.2, 0) is 38.1 Å². The quantitative estimate of drug-likeness (QED) is 0.00511. The highest BCUT2D eigenvalue weighted by Gasteiger charge is 2.62. The number of β-amino-alcohol motifs (C(OH)–C–C–N with tert-alkyl or cyclic N) is 1. The lowest BCUT2D eigenvalue weighted by molar-refractivity contribution is -0.385. The highest BCUT2D eigenvalue weighted by Crippen LogP contribution is 2.49. The Hall–Kier alpha value is -10.9. The summed E-state index contributed by atoms with van der Waals surface area (Å²) in [6.45, 7) is 13.0. The van der Waals surface area contributed by atoms with Crippen molar-refractivity contribution in [2.24, 2.45) is 35.1 Å². The average molecular weight is 1900 g/mol. The van der Waals surface area contributed by atoms with Gasteiger partial charge in [0, 0.05) is 147 Å². The first-order valence-electron chi connectivity index (χ1n) is 40.3. The summed E-state index contributed by atoms with van der Waals surface area (Å²) >= 11 is 2.25. The van der Waals surface area contributed by atoms with E-state index in [0.29, 0.717) is 37.7 Å². The number of carbonyl (C=O) groups is 11. The fourth-order valence-electron chi connectivity index (χ4n) is 15.8. The van der Waals surface area contributed by atoms with Crippen molar-refractivity contribution in [1.82, 2.24) is 46.2 Å². The molecule has 2 saturated carbocycles. The van der Waals surface area contributed by atoms with Gasteiger partial charge in [-0.25, -0.2) is 43.2 Å². The Morgan fingerprint density at radius 3 is 1.15 bits per heavy atom. The number of aliphatic hydroxyl groups is 3. The number of ether oxygens (including phenoxy) is 4. The molecule has 0 bridgehead atoms.